The maximum Gasteiger partial charge on any atom is 0.315 e. The second kappa shape index (κ2) is 7.65. The number of halogens is 1. The normalized spacial score (nSPS) is 18.5. The number of ether oxygens (including phenoxy) is 1. The summed E-state index contributed by atoms with van der Waals surface area (Å²) in [6.45, 7) is 0.332. The van der Waals surface area contributed by atoms with Crippen molar-refractivity contribution in [3.63, 3.8) is 0 Å². The topological polar surface area (TPSA) is 112 Å². The molecule has 0 spiro atoms. The Morgan fingerprint density at radius 3 is 2.82 bits per heavy atom. The number of urea groups is 1. The van der Waals surface area contributed by atoms with E-state index in [1.165, 1.54) is 13.3 Å². The van der Waals surface area contributed by atoms with Gasteiger partial charge in [0.05, 0.1) is 48.9 Å². The van der Waals surface area contributed by atoms with E-state index in [0.717, 1.165) is 35.0 Å². The quantitative estimate of drug-likeness (QED) is 0.525. The highest BCUT2D eigenvalue weighted by Crippen LogP contribution is 2.31. The Labute approximate surface area is 166 Å². The monoisotopic (exact) mass is 401 g/mol. The molecule has 1 aliphatic rings. The first kappa shape index (κ1) is 18.5. The van der Waals surface area contributed by atoms with Crippen LogP contribution in [0.5, 0.6) is 5.88 Å². The zero-order valence-electron chi connectivity index (χ0n) is 15.2. The molecule has 2 aromatic heterocycles. The average molecular weight is 402 g/mol. The summed E-state index contributed by atoms with van der Waals surface area (Å²) >= 11 is 6.43. The fourth-order valence-electron chi connectivity index (χ4n) is 3.11. The number of hydrogen-bond acceptors (Lipinski definition) is 5. The van der Waals surface area contributed by atoms with Crippen molar-refractivity contribution in [2.24, 2.45) is 0 Å². The number of fused-ring (bicyclic) bond motifs is 1. The van der Waals surface area contributed by atoms with Crippen LogP contribution in [0.15, 0.2) is 30.6 Å². The number of nitrogens with zero attached hydrogens (tertiary/aromatic N) is 2. The molecule has 3 aromatic rings. The van der Waals surface area contributed by atoms with Crippen molar-refractivity contribution in [3.8, 4) is 17.1 Å². The van der Waals surface area contributed by atoms with Crippen LogP contribution < -0.4 is 15.4 Å². The number of carbonyl (C=O) groups is 1. The number of rotatable bonds is 5. The van der Waals surface area contributed by atoms with Crippen molar-refractivity contribution < 1.29 is 14.6 Å². The van der Waals surface area contributed by atoms with Gasteiger partial charge in [0, 0.05) is 22.2 Å². The molecule has 1 aromatic carbocycles. The smallest absolute Gasteiger partial charge is 0.315 e. The highest BCUT2D eigenvalue weighted by atomic mass is 35.5. The number of H-pyrrole nitrogens is 1. The number of methoxy groups -OCH3 is 1. The minimum atomic E-state index is -0.444. The number of aliphatic hydroxyl groups excluding tert-OH is 1. The van der Waals surface area contributed by atoms with E-state index in [1.54, 1.807) is 6.20 Å². The molecule has 0 saturated heterocycles. The molecule has 1 aliphatic carbocycles. The Morgan fingerprint density at radius 1 is 1.32 bits per heavy atom. The van der Waals surface area contributed by atoms with Gasteiger partial charge in [0.2, 0.25) is 5.88 Å². The summed E-state index contributed by atoms with van der Waals surface area (Å²) < 4.78 is 5.03. The maximum absolute atomic E-state index is 11.9. The number of aromatic amines is 1. The first-order valence-corrected chi connectivity index (χ1v) is 9.31. The summed E-state index contributed by atoms with van der Waals surface area (Å²) in [6.07, 6.45) is 4.24. The molecular weight excluding hydrogens is 382 g/mol. The third kappa shape index (κ3) is 3.74. The average Bonchev–Trinajstić information content (AvgIpc) is 3.10. The molecule has 9 heteroatoms. The highest BCUT2D eigenvalue weighted by Gasteiger charge is 2.29. The van der Waals surface area contributed by atoms with Gasteiger partial charge >= 0.3 is 6.03 Å². The maximum atomic E-state index is 11.9. The summed E-state index contributed by atoms with van der Waals surface area (Å²) in [5.41, 5.74) is 3.11. The van der Waals surface area contributed by atoms with Gasteiger partial charge in [-0.05, 0) is 31.0 Å². The molecule has 2 amide bonds. The molecule has 0 radical (unpaired) electrons. The molecule has 146 valence electrons. The van der Waals surface area contributed by atoms with E-state index >= 15 is 0 Å². The largest absolute Gasteiger partial charge is 0.480 e. The van der Waals surface area contributed by atoms with E-state index in [0.29, 0.717) is 23.1 Å². The molecule has 0 aliphatic heterocycles. The zero-order valence-corrected chi connectivity index (χ0v) is 16.0. The first-order valence-electron chi connectivity index (χ1n) is 8.93. The predicted molar refractivity (Wildman–Crippen MR) is 105 cm³/mol. The van der Waals surface area contributed by atoms with Crippen LogP contribution in [0.1, 0.15) is 18.5 Å². The molecule has 28 heavy (non-hydrogen) atoms. The molecule has 0 unspecified atom stereocenters. The minimum absolute atomic E-state index is 0.158. The number of aliphatic hydroxyl groups is 1. The molecule has 1 fully saturated rings. The van der Waals surface area contributed by atoms with Gasteiger partial charge in [-0.3, -0.25) is 0 Å². The predicted octanol–water partition coefficient (Wildman–Crippen LogP) is 2.61. The van der Waals surface area contributed by atoms with Crippen molar-refractivity contribution in [2.45, 2.75) is 31.5 Å². The van der Waals surface area contributed by atoms with Crippen LogP contribution in [0.25, 0.3) is 22.2 Å². The molecule has 8 nitrogen and oxygen atoms in total. The number of amides is 2. The SMILES string of the molecule is COc1cnc(-c2cc3[nH]c(CNC(=O)N[C@H]4CC[C@H]4O)cc3cc2Cl)cn1. The standard InChI is InChI=1S/C19H20ClN5O3/c1-28-18-9-21-16(8-22-18)12-6-15-10(5-13(12)20)4-11(24-15)7-23-19(27)25-14-2-3-17(14)26/h4-6,8-9,14,17,24,26H,2-3,7H2,1H3,(H2,23,25,27)/t14-,17+/m0/s1. The lowest BCUT2D eigenvalue weighted by Crippen LogP contribution is -2.52. The van der Waals surface area contributed by atoms with Crippen LogP contribution in [0.3, 0.4) is 0 Å². The van der Waals surface area contributed by atoms with Crippen molar-refractivity contribution in [1.29, 1.82) is 0 Å². The Hall–Kier alpha value is -2.84. The number of carbonyl (C=O) groups excluding carboxylic acids is 1. The fraction of sp³-hybridized carbons (Fsp3) is 0.316. The summed E-state index contributed by atoms with van der Waals surface area (Å²) in [5, 5.41) is 16.6. The van der Waals surface area contributed by atoms with E-state index in [2.05, 4.69) is 25.6 Å². The van der Waals surface area contributed by atoms with E-state index in [-0.39, 0.29) is 12.1 Å². The molecule has 0 bridgehead atoms. The number of hydrogen-bond donors (Lipinski definition) is 4. The van der Waals surface area contributed by atoms with Gasteiger partial charge in [0.15, 0.2) is 0 Å². The number of nitrogens with one attached hydrogen (secondary N) is 3. The van der Waals surface area contributed by atoms with Gasteiger partial charge in [-0.15, -0.1) is 0 Å². The van der Waals surface area contributed by atoms with Crippen LogP contribution in [0, 0.1) is 0 Å². The van der Waals surface area contributed by atoms with Crippen LogP contribution in [-0.4, -0.2) is 45.3 Å². The van der Waals surface area contributed by atoms with E-state index in [4.69, 9.17) is 16.3 Å². The van der Waals surface area contributed by atoms with Crippen LogP contribution in [-0.2, 0) is 6.54 Å². The van der Waals surface area contributed by atoms with Gasteiger partial charge in [-0.2, -0.15) is 0 Å². The number of aromatic nitrogens is 3. The second-order valence-electron chi connectivity index (χ2n) is 6.74. The number of benzene rings is 1. The van der Waals surface area contributed by atoms with Gasteiger partial charge in [0.1, 0.15) is 0 Å². The first-order chi connectivity index (χ1) is 13.5. The van der Waals surface area contributed by atoms with Gasteiger partial charge < -0.3 is 25.5 Å². The molecule has 4 N–H and O–H groups in total. The molecule has 2 atom stereocenters. The Kier molecular flexibility index (Phi) is 5.06. The van der Waals surface area contributed by atoms with Crippen molar-refractivity contribution in [1.82, 2.24) is 25.6 Å². The van der Waals surface area contributed by atoms with Crippen molar-refractivity contribution in [2.75, 3.05) is 7.11 Å². The fourth-order valence-corrected chi connectivity index (χ4v) is 3.38. The van der Waals surface area contributed by atoms with Crippen LogP contribution >= 0.6 is 11.6 Å². The summed E-state index contributed by atoms with van der Waals surface area (Å²) in [7, 11) is 1.53. The Morgan fingerprint density at radius 2 is 2.18 bits per heavy atom. The molecule has 2 heterocycles. The molecular formula is C19H20ClN5O3. The Balaban J connectivity index is 1.48. The van der Waals surface area contributed by atoms with Gasteiger partial charge in [-0.1, -0.05) is 11.6 Å². The zero-order chi connectivity index (χ0) is 19.7. The van der Waals surface area contributed by atoms with Gasteiger partial charge in [-0.25, -0.2) is 14.8 Å². The second-order valence-corrected chi connectivity index (χ2v) is 7.14. The highest BCUT2D eigenvalue weighted by molar-refractivity contribution is 6.34. The third-order valence-corrected chi connectivity index (χ3v) is 5.18. The summed E-state index contributed by atoms with van der Waals surface area (Å²) in [5.74, 6) is 0.432. The summed E-state index contributed by atoms with van der Waals surface area (Å²) in [6, 6.07) is 5.23. The molecule has 4 rings (SSSR count). The van der Waals surface area contributed by atoms with Gasteiger partial charge in [0.25, 0.3) is 0 Å². The van der Waals surface area contributed by atoms with Crippen LogP contribution in [0.4, 0.5) is 4.79 Å². The van der Waals surface area contributed by atoms with E-state index in [9.17, 15) is 9.90 Å². The van der Waals surface area contributed by atoms with E-state index in [1.807, 2.05) is 18.2 Å². The Bertz CT molecular complexity index is 1000. The lowest BCUT2D eigenvalue weighted by Gasteiger charge is -2.32. The van der Waals surface area contributed by atoms with E-state index < -0.39 is 6.10 Å². The molecule has 1 saturated carbocycles. The lowest BCUT2D eigenvalue weighted by atomic mass is 9.89. The minimum Gasteiger partial charge on any atom is -0.480 e. The summed E-state index contributed by atoms with van der Waals surface area (Å²) in [4.78, 5) is 23.7. The third-order valence-electron chi connectivity index (χ3n) is 4.87. The lowest BCUT2D eigenvalue weighted by molar-refractivity contribution is 0.0548. The van der Waals surface area contributed by atoms with Crippen molar-refractivity contribution >= 4 is 28.5 Å². The van der Waals surface area contributed by atoms with Crippen molar-refractivity contribution in [3.05, 3.63) is 41.3 Å². The van der Waals surface area contributed by atoms with Crippen LogP contribution in [0.2, 0.25) is 5.02 Å².